The molecule has 8 rings (SSSR count). The average Bonchev–Trinajstić information content (AvgIpc) is 3.15. The lowest BCUT2D eigenvalue weighted by molar-refractivity contribution is 1.03. The lowest BCUT2D eigenvalue weighted by atomic mass is 9.95. The van der Waals surface area contributed by atoms with E-state index in [-0.39, 0.29) is 0 Å². The van der Waals surface area contributed by atoms with Crippen molar-refractivity contribution in [1.82, 2.24) is 19.9 Å². The molecular weight excluding hydrogens is 560 g/mol. The number of aromatic nitrogens is 4. The maximum absolute atomic E-state index is 5.07. The van der Waals surface area contributed by atoms with Crippen LogP contribution in [0.3, 0.4) is 0 Å². The number of pyridine rings is 2. The summed E-state index contributed by atoms with van der Waals surface area (Å²) in [5.74, 6) is 0.765. The molecular formula is C42H32N4. The molecule has 3 heterocycles. The number of aryl methyl sites for hydroxylation is 1. The van der Waals surface area contributed by atoms with Gasteiger partial charge in [-0.2, -0.15) is 0 Å². The standard InChI is InChI=1S/C42H32N4/c1-2-35-26-37(36-23-22-31-17-10-24-43-40(31)41(36)44-35)29-20-18-28(19-21-29)33-15-9-16-34(25-33)39-27-38(30-11-5-3-6-12-30)45-42(46-39)32-13-7-4-8-14-32/h3,5-7,9-27H,2,4,8H2,1H3. The quantitative estimate of drug-likeness (QED) is 0.180. The number of hydrogen-bond acceptors (Lipinski definition) is 4. The van der Waals surface area contributed by atoms with Gasteiger partial charge in [0.1, 0.15) is 0 Å². The molecule has 4 aromatic carbocycles. The van der Waals surface area contributed by atoms with Gasteiger partial charge in [0.25, 0.3) is 0 Å². The van der Waals surface area contributed by atoms with Gasteiger partial charge in [0.2, 0.25) is 0 Å². The second-order valence-corrected chi connectivity index (χ2v) is 11.7. The number of fused-ring (bicyclic) bond motifs is 3. The molecule has 4 heteroatoms. The van der Waals surface area contributed by atoms with Gasteiger partial charge in [0, 0.05) is 39.4 Å². The summed E-state index contributed by atoms with van der Waals surface area (Å²) < 4.78 is 0. The smallest absolute Gasteiger partial charge is 0.160 e. The summed E-state index contributed by atoms with van der Waals surface area (Å²) >= 11 is 0. The van der Waals surface area contributed by atoms with Crippen LogP contribution in [0.15, 0.2) is 140 Å². The van der Waals surface area contributed by atoms with E-state index < -0.39 is 0 Å². The number of hydrogen-bond donors (Lipinski definition) is 0. The Morgan fingerprint density at radius 3 is 2.17 bits per heavy atom. The molecule has 0 radical (unpaired) electrons. The summed E-state index contributed by atoms with van der Waals surface area (Å²) in [6, 6.07) is 40.6. The van der Waals surface area contributed by atoms with Crippen LogP contribution in [-0.4, -0.2) is 19.9 Å². The van der Waals surface area contributed by atoms with Gasteiger partial charge < -0.3 is 0 Å². The van der Waals surface area contributed by atoms with Crippen LogP contribution in [-0.2, 0) is 6.42 Å². The fraction of sp³-hybridized carbons (Fsp3) is 0.0952. The number of nitrogens with zero attached hydrogens (tertiary/aromatic N) is 4. The second-order valence-electron chi connectivity index (χ2n) is 11.7. The van der Waals surface area contributed by atoms with E-state index in [1.54, 1.807) is 0 Å². The number of allylic oxidation sites excluding steroid dienone is 4. The normalized spacial score (nSPS) is 12.8. The highest BCUT2D eigenvalue weighted by molar-refractivity contribution is 6.08. The van der Waals surface area contributed by atoms with Crippen molar-refractivity contribution in [2.24, 2.45) is 0 Å². The van der Waals surface area contributed by atoms with E-state index in [1.165, 1.54) is 11.1 Å². The molecule has 46 heavy (non-hydrogen) atoms. The number of rotatable bonds is 6. The van der Waals surface area contributed by atoms with Crippen LogP contribution in [0.5, 0.6) is 0 Å². The van der Waals surface area contributed by atoms with Crippen molar-refractivity contribution in [3.05, 3.63) is 151 Å². The molecule has 0 saturated heterocycles. The summed E-state index contributed by atoms with van der Waals surface area (Å²) in [6.45, 7) is 2.15. The first-order valence-electron chi connectivity index (χ1n) is 15.9. The number of benzene rings is 4. The molecule has 7 aromatic rings. The minimum absolute atomic E-state index is 0.765. The molecule has 1 aliphatic carbocycles. The fourth-order valence-corrected chi connectivity index (χ4v) is 6.26. The van der Waals surface area contributed by atoms with E-state index in [1.807, 2.05) is 18.3 Å². The van der Waals surface area contributed by atoms with Crippen molar-refractivity contribution < 1.29 is 0 Å². The lowest BCUT2D eigenvalue weighted by Crippen LogP contribution is -1.99. The topological polar surface area (TPSA) is 51.6 Å². The zero-order valence-electron chi connectivity index (χ0n) is 25.7. The molecule has 0 unspecified atom stereocenters. The minimum Gasteiger partial charge on any atom is -0.254 e. The fourth-order valence-electron chi connectivity index (χ4n) is 6.26. The zero-order chi connectivity index (χ0) is 30.9. The van der Waals surface area contributed by atoms with E-state index in [9.17, 15) is 0 Å². The predicted octanol–water partition coefficient (Wildman–Crippen LogP) is 10.5. The third-order valence-electron chi connectivity index (χ3n) is 8.70. The largest absolute Gasteiger partial charge is 0.254 e. The molecule has 0 bridgehead atoms. The first-order chi connectivity index (χ1) is 22.7. The third-order valence-corrected chi connectivity index (χ3v) is 8.70. The molecule has 220 valence electrons. The summed E-state index contributed by atoms with van der Waals surface area (Å²) in [6.07, 6.45) is 11.4. The highest BCUT2D eigenvalue weighted by Crippen LogP contribution is 2.35. The Kier molecular flexibility index (Phi) is 7.24. The van der Waals surface area contributed by atoms with Gasteiger partial charge in [-0.3, -0.25) is 9.97 Å². The van der Waals surface area contributed by atoms with E-state index in [0.29, 0.717) is 0 Å². The lowest BCUT2D eigenvalue weighted by Gasteiger charge is -2.13. The van der Waals surface area contributed by atoms with Crippen LogP contribution < -0.4 is 0 Å². The van der Waals surface area contributed by atoms with Gasteiger partial charge in [-0.1, -0.05) is 116 Å². The summed E-state index contributed by atoms with van der Waals surface area (Å²) in [5, 5.41) is 2.23. The monoisotopic (exact) mass is 592 g/mol. The molecule has 0 amide bonds. The minimum atomic E-state index is 0.765. The highest BCUT2D eigenvalue weighted by Gasteiger charge is 2.14. The Morgan fingerprint density at radius 1 is 0.587 bits per heavy atom. The van der Waals surface area contributed by atoms with Crippen LogP contribution in [0.1, 0.15) is 31.3 Å². The summed E-state index contributed by atoms with van der Waals surface area (Å²) in [7, 11) is 0. The molecule has 3 aromatic heterocycles. The Morgan fingerprint density at radius 2 is 1.37 bits per heavy atom. The molecule has 0 aliphatic heterocycles. The van der Waals surface area contributed by atoms with E-state index in [4.69, 9.17) is 15.0 Å². The molecule has 0 fully saturated rings. The zero-order valence-corrected chi connectivity index (χ0v) is 25.7. The van der Waals surface area contributed by atoms with E-state index in [0.717, 1.165) is 91.8 Å². The van der Waals surface area contributed by atoms with Crippen molar-refractivity contribution in [2.75, 3.05) is 0 Å². The molecule has 1 aliphatic rings. The summed E-state index contributed by atoms with van der Waals surface area (Å²) in [4.78, 5) is 19.7. The van der Waals surface area contributed by atoms with Crippen LogP contribution in [0.25, 0.3) is 72.1 Å². The second kappa shape index (κ2) is 12.0. The SMILES string of the molecule is CCc1cc(-c2ccc(-c3cccc(-c4cc(-c5ccccc5)nc(C5=CCCC=C5)n4)c3)cc2)c2ccc3cccnc3c2n1. The Hall–Kier alpha value is -5.74. The van der Waals surface area contributed by atoms with Crippen LogP contribution in [0.4, 0.5) is 0 Å². The van der Waals surface area contributed by atoms with Crippen molar-refractivity contribution in [1.29, 1.82) is 0 Å². The van der Waals surface area contributed by atoms with Gasteiger partial charge >= 0.3 is 0 Å². The van der Waals surface area contributed by atoms with E-state index >= 15 is 0 Å². The van der Waals surface area contributed by atoms with Crippen LogP contribution in [0.2, 0.25) is 0 Å². The Labute approximate surface area is 268 Å². The van der Waals surface area contributed by atoms with Gasteiger partial charge in [0.15, 0.2) is 5.82 Å². The average molecular weight is 593 g/mol. The molecule has 0 saturated carbocycles. The third kappa shape index (κ3) is 5.28. The predicted molar refractivity (Wildman–Crippen MR) is 190 cm³/mol. The molecule has 4 nitrogen and oxygen atoms in total. The maximum Gasteiger partial charge on any atom is 0.160 e. The van der Waals surface area contributed by atoms with E-state index in [2.05, 4.69) is 133 Å². The Balaban J connectivity index is 1.18. The first-order valence-corrected chi connectivity index (χ1v) is 15.9. The van der Waals surface area contributed by atoms with Crippen LogP contribution >= 0.6 is 0 Å². The van der Waals surface area contributed by atoms with Crippen molar-refractivity contribution in [3.8, 4) is 44.8 Å². The molecule has 0 spiro atoms. The van der Waals surface area contributed by atoms with Gasteiger partial charge in [0.05, 0.1) is 22.4 Å². The van der Waals surface area contributed by atoms with Crippen LogP contribution in [0, 0.1) is 0 Å². The van der Waals surface area contributed by atoms with Crippen molar-refractivity contribution in [2.45, 2.75) is 26.2 Å². The summed E-state index contributed by atoms with van der Waals surface area (Å²) in [5.41, 5.74) is 12.7. The van der Waals surface area contributed by atoms with Crippen molar-refractivity contribution in [3.63, 3.8) is 0 Å². The maximum atomic E-state index is 5.07. The van der Waals surface area contributed by atoms with Gasteiger partial charge in [-0.25, -0.2) is 9.97 Å². The Bertz CT molecular complexity index is 2280. The van der Waals surface area contributed by atoms with Gasteiger partial charge in [-0.05, 0) is 65.8 Å². The highest BCUT2D eigenvalue weighted by atomic mass is 14.9. The van der Waals surface area contributed by atoms with Gasteiger partial charge in [-0.15, -0.1) is 0 Å². The molecule has 0 N–H and O–H groups in total. The first kappa shape index (κ1) is 27.8. The molecule has 0 atom stereocenters. The van der Waals surface area contributed by atoms with Crippen molar-refractivity contribution >= 4 is 27.4 Å².